The minimum Gasteiger partial charge on any atom is -0.493 e. The maximum absolute atomic E-state index is 14.1. The minimum atomic E-state index is -4.38. The van der Waals surface area contributed by atoms with Crippen molar-refractivity contribution in [2.45, 2.75) is 62.6 Å². The van der Waals surface area contributed by atoms with Gasteiger partial charge >= 0.3 is 0 Å². The smallest absolute Gasteiger partial charge is 0.264 e. The lowest BCUT2D eigenvalue weighted by Gasteiger charge is -2.33. The number of rotatable bonds is 12. The molecule has 1 aliphatic carbocycles. The summed E-state index contributed by atoms with van der Waals surface area (Å²) in [5, 5.41) is 3.08. The first-order chi connectivity index (χ1) is 21.0. The molecule has 0 saturated heterocycles. The molecule has 12 heteroatoms. The van der Waals surface area contributed by atoms with E-state index in [2.05, 4.69) is 21.2 Å². The lowest BCUT2D eigenvalue weighted by Crippen LogP contribution is -2.53. The van der Waals surface area contributed by atoms with Crippen LogP contribution < -0.4 is 19.1 Å². The molecule has 0 radical (unpaired) electrons. The molecular weight excluding hydrogens is 653 g/mol. The average Bonchev–Trinajstić information content (AvgIpc) is 3.02. The van der Waals surface area contributed by atoms with Crippen molar-refractivity contribution in [1.29, 1.82) is 0 Å². The number of hydrogen-bond acceptors (Lipinski definition) is 6. The Balaban J connectivity index is 1.70. The van der Waals surface area contributed by atoms with Gasteiger partial charge in [0.2, 0.25) is 11.8 Å². The van der Waals surface area contributed by atoms with Gasteiger partial charge in [0.05, 0.1) is 24.8 Å². The number of methoxy groups -OCH3 is 2. The normalized spacial score (nSPS) is 14.4. The molecule has 1 atom stereocenters. The summed E-state index contributed by atoms with van der Waals surface area (Å²) >= 11 is 3.45. The van der Waals surface area contributed by atoms with Gasteiger partial charge in [-0.1, -0.05) is 47.3 Å². The number of hydrogen-bond donors (Lipinski definition) is 1. The fourth-order valence-corrected chi connectivity index (χ4v) is 7.10. The molecule has 1 N–H and O–H groups in total. The molecule has 1 unspecified atom stereocenters. The highest BCUT2D eigenvalue weighted by Crippen LogP contribution is 2.32. The van der Waals surface area contributed by atoms with Gasteiger partial charge in [-0.3, -0.25) is 13.9 Å². The maximum Gasteiger partial charge on any atom is 0.264 e. The van der Waals surface area contributed by atoms with E-state index >= 15 is 0 Å². The number of ether oxygens (including phenoxy) is 2. The predicted molar refractivity (Wildman–Crippen MR) is 170 cm³/mol. The largest absolute Gasteiger partial charge is 0.493 e. The number of carbonyl (C=O) groups is 2. The average molecular weight is 691 g/mol. The third kappa shape index (κ3) is 8.09. The second-order valence-corrected chi connectivity index (χ2v) is 13.5. The van der Waals surface area contributed by atoms with Crippen molar-refractivity contribution >= 4 is 43.5 Å². The molecule has 0 aromatic heterocycles. The van der Waals surface area contributed by atoms with Crippen LogP contribution in [0.5, 0.6) is 11.5 Å². The quantitative estimate of drug-likeness (QED) is 0.263. The summed E-state index contributed by atoms with van der Waals surface area (Å²) in [5.74, 6) is -0.967. The number of carbonyl (C=O) groups excluding carboxylic acids is 2. The summed E-state index contributed by atoms with van der Waals surface area (Å²) in [5.41, 5.74) is 0.831. The monoisotopic (exact) mass is 689 g/mol. The van der Waals surface area contributed by atoms with Crippen molar-refractivity contribution in [2.24, 2.45) is 0 Å². The Labute approximate surface area is 266 Å². The molecule has 0 heterocycles. The van der Waals surface area contributed by atoms with E-state index in [1.54, 1.807) is 6.92 Å². The van der Waals surface area contributed by atoms with Crippen LogP contribution >= 0.6 is 15.9 Å². The van der Waals surface area contributed by atoms with E-state index in [0.717, 1.165) is 58.6 Å². The fraction of sp³-hybridized carbons (Fsp3) is 0.375. The molecule has 44 heavy (non-hydrogen) atoms. The number of amides is 2. The number of nitrogens with zero attached hydrogens (tertiary/aromatic N) is 2. The summed E-state index contributed by atoms with van der Waals surface area (Å²) in [6.07, 6.45) is 4.93. The highest BCUT2D eigenvalue weighted by Gasteiger charge is 2.33. The molecule has 1 fully saturated rings. The molecule has 9 nitrogen and oxygen atoms in total. The Morgan fingerprint density at radius 2 is 1.66 bits per heavy atom. The zero-order chi connectivity index (χ0) is 31.9. The maximum atomic E-state index is 14.1. The number of sulfonamides is 1. The first-order valence-corrected chi connectivity index (χ1v) is 16.6. The second-order valence-electron chi connectivity index (χ2n) is 10.7. The van der Waals surface area contributed by atoms with E-state index in [4.69, 9.17) is 9.47 Å². The van der Waals surface area contributed by atoms with Crippen LogP contribution in [0, 0.1) is 5.82 Å². The number of halogens is 2. The van der Waals surface area contributed by atoms with Crippen LogP contribution in [0.3, 0.4) is 0 Å². The molecular formula is C32H37BrFN3O6S. The van der Waals surface area contributed by atoms with Crippen molar-refractivity contribution in [3.63, 3.8) is 0 Å². The lowest BCUT2D eigenvalue weighted by atomic mass is 9.95. The molecule has 0 aliphatic heterocycles. The lowest BCUT2D eigenvalue weighted by molar-refractivity contribution is -0.139. The number of nitrogens with one attached hydrogen (secondary N) is 1. The van der Waals surface area contributed by atoms with Crippen molar-refractivity contribution in [3.05, 3.63) is 82.6 Å². The Hall–Kier alpha value is -3.64. The fourth-order valence-electron chi connectivity index (χ4n) is 5.22. The van der Waals surface area contributed by atoms with Crippen molar-refractivity contribution < 1.29 is 31.9 Å². The van der Waals surface area contributed by atoms with E-state index < -0.39 is 34.3 Å². The molecule has 2 amide bonds. The van der Waals surface area contributed by atoms with Crippen LogP contribution in [0.2, 0.25) is 0 Å². The first-order valence-electron chi connectivity index (χ1n) is 14.4. The summed E-state index contributed by atoms with van der Waals surface area (Å²) < 4.78 is 54.3. The Morgan fingerprint density at radius 3 is 2.30 bits per heavy atom. The van der Waals surface area contributed by atoms with Gasteiger partial charge in [-0.05, 0) is 73.9 Å². The van der Waals surface area contributed by atoms with Crippen LogP contribution in [-0.4, -0.2) is 58.0 Å². The number of benzene rings is 3. The van der Waals surface area contributed by atoms with E-state index in [1.807, 2.05) is 24.3 Å². The molecule has 0 spiro atoms. The van der Waals surface area contributed by atoms with Gasteiger partial charge in [-0.2, -0.15) is 0 Å². The van der Waals surface area contributed by atoms with Crippen LogP contribution in [-0.2, 0) is 26.2 Å². The summed E-state index contributed by atoms with van der Waals surface area (Å²) in [4.78, 5) is 28.8. The van der Waals surface area contributed by atoms with Gasteiger partial charge in [0.25, 0.3) is 10.0 Å². The van der Waals surface area contributed by atoms with Crippen LogP contribution in [0.1, 0.15) is 44.6 Å². The molecule has 3 aromatic rings. The molecule has 1 aliphatic rings. The molecule has 4 rings (SSSR count). The molecule has 0 bridgehead atoms. The third-order valence-corrected chi connectivity index (χ3v) is 9.96. The zero-order valence-electron chi connectivity index (χ0n) is 25.0. The predicted octanol–water partition coefficient (Wildman–Crippen LogP) is 5.67. The van der Waals surface area contributed by atoms with E-state index in [-0.39, 0.29) is 34.8 Å². The first kappa shape index (κ1) is 33.3. The van der Waals surface area contributed by atoms with E-state index in [9.17, 15) is 22.4 Å². The molecule has 3 aromatic carbocycles. The van der Waals surface area contributed by atoms with Crippen LogP contribution in [0.15, 0.2) is 76.1 Å². The number of anilines is 1. The molecule has 1 saturated carbocycles. The van der Waals surface area contributed by atoms with Gasteiger partial charge in [0, 0.05) is 23.1 Å². The SMILES string of the molecule is COc1ccc(S(=O)(=O)N(CC(=O)N(Cc2cccc(Br)c2)C(C)C(=O)NC2CCCCC2)c2ccc(F)cc2)cc1OC. The van der Waals surface area contributed by atoms with Crippen molar-refractivity contribution in [3.8, 4) is 11.5 Å². The standard InChI is InChI=1S/C32H37BrFN3O6S/c1-22(32(39)35-26-10-5-4-6-11-26)36(20-23-8-7-9-24(33)18-23)31(38)21-37(27-14-12-25(34)13-15-27)44(40,41)28-16-17-29(42-2)30(19-28)43-3/h7-9,12-19,22,26H,4-6,10-11,20-21H2,1-3H3,(H,35,39). The van der Waals surface area contributed by atoms with Gasteiger partial charge in [0.15, 0.2) is 11.5 Å². The minimum absolute atomic E-state index is 0.0302. The van der Waals surface area contributed by atoms with Gasteiger partial charge in [-0.25, -0.2) is 12.8 Å². The van der Waals surface area contributed by atoms with Gasteiger partial charge in [0.1, 0.15) is 18.4 Å². The van der Waals surface area contributed by atoms with Crippen LogP contribution in [0.25, 0.3) is 0 Å². The Kier molecular flexibility index (Phi) is 11.3. The van der Waals surface area contributed by atoms with E-state index in [0.29, 0.717) is 5.75 Å². The Bertz CT molecular complexity index is 1560. The van der Waals surface area contributed by atoms with Crippen molar-refractivity contribution in [2.75, 3.05) is 25.1 Å². The highest BCUT2D eigenvalue weighted by atomic mass is 79.9. The second kappa shape index (κ2) is 14.9. The molecule has 236 valence electrons. The summed E-state index contributed by atoms with van der Waals surface area (Å²) in [7, 11) is -1.57. The summed E-state index contributed by atoms with van der Waals surface area (Å²) in [6.45, 7) is 1.06. The summed E-state index contributed by atoms with van der Waals surface area (Å²) in [6, 6.07) is 15.4. The van der Waals surface area contributed by atoms with Crippen LogP contribution in [0.4, 0.5) is 10.1 Å². The van der Waals surface area contributed by atoms with Gasteiger partial charge < -0.3 is 19.7 Å². The highest BCUT2D eigenvalue weighted by molar-refractivity contribution is 9.10. The topological polar surface area (TPSA) is 105 Å². The van der Waals surface area contributed by atoms with E-state index in [1.165, 1.54) is 49.5 Å². The van der Waals surface area contributed by atoms with Gasteiger partial charge in [-0.15, -0.1) is 0 Å². The van der Waals surface area contributed by atoms with Crippen molar-refractivity contribution in [1.82, 2.24) is 10.2 Å². The third-order valence-electron chi connectivity index (χ3n) is 7.70. The Morgan fingerprint density at radius 1 is 0.977 bits per heavy atom. The zero-order valence-corrected chi connectivity index (χ0v) is 27.4.